The van der Waals surface area contributed by atoms with Gasteiger partial charge in [0.25, 0.3) is 5.95 Å². The number of esters is 2. The van der Waals surface area contributed by atoms with Crippen molar-refractivity contribution in [2.75, 3.05) is 5.32 Å². The fourth-order valence-corrected chi connectivity index (χ4v) is 2.87. The topological polar surface area (TPSA) is 104 Å². The molecule has 0 bridgehead atoms. The summed E-state index contributed by atoms with van der Waals surface area (Å²) in [5.74, 6) is -1.06. The van der Waals surface area contributed by atoms with Crippen LogP contribution < -0.4 is 14.8 Å². The first-order valence-corrected chi connectivity index (χ1v) is 8.90. The number of hydrogen-bond acceptors (Lipinski definition) is 7. The van der Waals surface area contributed by atoms with Gasteiger partial charge >= 0.3 is 18.0 Å². The third-order valence-electron chi connectivity index (χ3n) is 3.74. The summed E-state index contributed by atoms with van der Waals surface area (Å²) in [7, 11) is 0. The van der Waals surface area contributed by atoms with Crippen molar-refractivity contribution in [3.63, 3.8) is 0 Å². The van der Waals surface area contributed by atoms with Gasteiger partial charge in [-0.15, -0.1) is 0 Å². The van der Waals surface area contributed by atoms with Crippen molar-refractivity contribution in [1.82, 2.24) is 0 Å². The van der Waals surface area contributed by atoms with Gasteiger partial charge in [-0.2, -0.15) is 0 Å². The van der Waals surface area contributed by atoms with Crippen LogP contribution in [-0.2, 0) is 14.3 Å². The third-order valence-corrected chi connectivity index (χ3v) is 3.74. The number of anilines is 1. The summed E-state index contributed by atoms with van der Waals surface area (Å²) < 4.78 is 21.4. The minimum Gasteiger partial charge on any atom is -0.444 e. The minimum absolute atomic E-state index is 0.0940. The van der Waals surface area contributed by atoms with Gasteiger partial charge in [0.15, 0.2) is 11.3 Å². The molecule has 0 saturated heterocycles. The van der Waals surface area contributed by atoms with Crippen LogP contribution in [0.5, 0.6) is 11.7 Å². The second-order valence-electron chi connectivity index (χ2n) is 7.37. The number of carbonyl (C=O) groups excluding carboxylic acids is 3. The lowest BCUT2D eigenvalue weighted by Crippen LogP contribution is -2.27. The second kappa shape index (κ2) is 7.46. The Balaban J connectivity index is 2.27. The Labute approximate surface area is 166 Å². The number of benzene rings is 2. The van der Waals surface area contributed by atoms with E-state index in [1.807, 2.05) is 0 Å². The second-order valence-corrected chi connectivity index (χ2v) is 7.37. The first-order chi connectivity index (χ1) is 13.5. The van der Waals surface area contributed by atoms with Crippen LogP contribution in [0.15, 0.2) is 34.7 Å². The van der Waals surface area contributed by atoms with Crippen LogP contribution in [0.2, 0.25) is 0 Å². The maximum Gasteiger partial charge on any atom is 0.412 e. The van der Waals surface area contributed by atoms with Gasteiger partial charge in [-0.05, 0) is 20.8 Å². The molecular weight excluding hydrogens is 378 g/mol. The van der Waals surface area contributed by atoms with E-state index in [2.05, 4.69) is 5.32 Å². The summed E-state index contributed by atoms with van der Waals surface area (Å²) in [4.78, 5) is 35.4. The van der Waals surface area contributed by atoms with Crippen LogP contribution in [0.4, 0.5) is 10.5 Å². The molecule has 0 aliphatic heterocycles. The molecule has 152 valence electrons. The molecule has 0 atom stereocenters. The van der Waals surface area contributed by atoms with Gasteiger partial charge in [-0.1, -0.05) is 24.3 Å². The summed E-state index contributed by atoms with van der Waals surface area (Å²) in [6, 6.07) is 8.46. The maximum atomic E-state index is 12.4. The Morgan fingerprint density at radius 2 is 1.55 bits per heavy atom. The summed E-state index contributed by atoms with van der Waals surface area (Å²) in [5.41, 5.74) is -0.167. The number of amides is 1. The molecular formula is C21H21NO7. The number of fused-ring (bicyclic) bond motifs is 2. The van der Waals surface area contributed by atoms with Crippen molar-refractivity contribution in [3.8, 4) is 11.7 Å². The molecule has 8 heteroatoms. The maximum absolute atomic E-state index is 12.4. The molecule has 3 rings (SSSR count). The van der Waals surface area contributed by atoms with E-state index in [0.717, 1.165) is 0 Å². The van der Waals surface area contributed by atoms with Crippen molar-refractivity contribution in [1.29, 1.82) is 0 Å². The lowest BCUT2D eigenvalue weighted by molar-refractivity contribution is -0.133. The van der Waals surface area contributed by atoms with E-state index < -0.39 is 23.6 Å². The summed E-state index contributed by atoms with van der Waals surface area (Å²) in [6.07, 6.45) is -0.667. The van der Waals surface area contributed by atoms with E-state index in [1.54, 1.807) is 45.0 Å². The molecule has 0 spiro atoms. The van der Waals surface area contributed by atoms with Crippen molar-refractivity contribution in [2.45, 2.75) is 40.2 Å². The molecule has 1 N–H and O–H groups in total. The van der Waals surface area contributed by atoms with Crippen molar-refractivity contribution in [3.05, 3.63) is 30.3 Å². The molecule has 8 nitrogen and oxygen atoms in total. The van der Waals surface area contributed by atoms with Crippen molar-refractivity contribution in [2.24, 2.45) is 0 Å². The predicted octanol–water partition coefficient (Wildman–Crippen LogP) is 4.78. The molecule has 1 amide bonds. The SMILES string of the molecule is CC(=O)Oc1cc2c(NC(=O)OC(C)(C)C)c3ccccc3c(OC(C)=O)c2o1. The van der Waals surface area contributed by atoms with Crippen LogP contribution in [-0.4, -0.2) is 23.6 Å². The van der Waals surface area contributed by atoms with Crippen LogP contribution in [0.1, 0.15) is 34.6 Å². The van der Waals surface area contributed by atoms with Gasteiger partial charge in [-0.25, -0.2) is 4.79 Å². The van der Waals surface area contributed by atoms with Crippen molar-refractivity contribution < 1.29 is 33.0 Å². The van der Waals surface area contributed by atoms with Crippen molar-refractivity contribution >= 4 is 45.5 Å². The van der Waals surface area contributed by atoms with Gasteiger partial charge in [0, 0.05) is 30.7 Å². The fourth-order valence-electron chi connectivity index (χ4n) is 2.87. The van der Waals surface area contributed by atoms with E-state index in [-0.39, 0.29) is 17.3 Å². The van der Waals surface area contributed by atoms with Gasteiger partial charge in [0.05, 0.1) is 11.1 Å². The van der Waals surface area contributed by atoms with E-state index in [4.69, 9.17) is 18.6 Å². The largest absolute Gasteiger partial charge is 0.444 e. The lowest BCUT2D eigenvalue weighted by atomic mass is 10.0. The number of carbonyl (C=O) groups is 3. The zero-order valence-corrected chi connectivity index (χ0v) is 16.7. The summed E-state index contributed by atoms with van der Waals surface area (Å²) >= 11 is 0. The van der Waals surface area contributed by atoms with E-state index in [0.29, 0.717) is 21.8 Å². The molecule has 0 radical (unpaired) electrons. The van der Waals surface area contributed by atoms with Gasteiger partial charge in [0.1, 0.15) is 5.60 Å². The highest BCUT2D eigenvalue weighted by molar-refractivity contribution is 6.17. The molecule has 0 aliphatic carbocycles. The number of furan rings is 1. The van der Waals surface area contributed by atoms with E-state index in [9.17, 15) is 14.4 Å². The Hall–Kier alpha value is -3.55. The van der Waals surface area contributed by atoms with E-state index >= 15 is 0 Å². The number of hydrogen-bond donors (Lipinski definition) is 1. The molecule has 1 aromatic heterocycles. The Kier molecular flexibility index (Phi) is 5.19. The average molecular weight is 399 g/mol. The Morgan fingerprint density at radius 1 is 0.931 bits per heavy atom. The smallest absolute Gasteiger partial charge is 0.412 e. The zero-order chi connectivity index (χ0) is 21.3. The Morgan fingerprint density at radius 3 is 2.14 bits per heavy atom. The molecule has 0 saturated carbocycles. The lowest BCUT2D eigenvalue weighted by Gasteiger charge is -2.20. The highest BCUT2D eigenvalue weighted by atomic mass is 16.6. The number of nitrogens with one attached hydrogen (secondary N) is 1. The summed E-state index contributed by atoms with van der Waals surface area (Å²) in [6.45, 7) is 7.75. The van der Waals surface area contributed by atoms with E-state index in [1.165, 1.54) is 19.9 Å². The minimum atomic E-state index is -0.698. The normalized spacial score (nSPS) is 11.3. The fraction of sp³-hybridized carbons (Fsp3) is 0.286. The number of ether oxygens (including phenoxy) is 3. The zero-order valence-electron chi connectivity index (χ0n) is 16.7. The molecule has 0 fully saturated rings. The highest BCUT2D eigenvalue weighted by Crippen LogP contribution is 2.44. The first-order valence-electron chi connectivity index (χ1n) is 8.90. The van der Waals surface area contributed by atoms with Crippen LogP contribution in [0, 0.1) is 0 Å². The van der Waals surface area contributed by atoms with Gasteiger partial charge < -0.3 is 18.6 Å². The molecule has 0 unspecified atom stereocenters. The third kappa shape index (κ3) is 4.48. The van der Waals surface area contributed by atoms with Crippen LogP contribution in [0.3, 0.4) is 0 Å². The predicted molar refractivity (Wildman–Crippen MR) is 106 cm³/mol. The standard InChI is InChI=1S/C21H21NO7/c1-11(23)26-16-10-15-17(22-20(25)29-21(3,4)5)13-8-6-7-9-14(13)18(19(15)28-16)27-12(2)24/h6-10H,1-5H3,(H,22,25). The molecule has 0 aliphatic rings. The molecule has 3 aromatic rings. The highest BCUT2D eigenvalue weighted by Gasteiger charge is 2.24. The molecule has 29 heavy (non-hydrogen) atoms. The average Bonchev–Trinajstić information content (AvgIpc) is 2.98. The van der Waals surface area contributed by atoms with Gasteiger partial charge in [0.2, 0.25) is 0 Å². The summed E-state index contributed by atoms with van der Waals surface area (Å²) in [5, 5.41) is 4.25. The molecule has 1 heterocycles. The molecule has 2 aromatic carbocycles. The van der Waals surface area contributed by atoms with Crippen LogP contribution in [0.25, 0.3) is 21.7 Å². The quantitative estimate of drug-likeness (QED) is 0.499. The number of rotatable bonds is 3. The monoisotopic (exact) mass is 399 g/mol. The van der Waals surface area contributed by atoms with Gasteiger partial charge in [-0.3, -0.25) is 14.9 Å². The Bertz CT molecular complexity index is 1120. The first kappa shape index (κ1) is 20.2. The van der Waals surface area contributed by atoms with Crippen LogP contribution >= 0.6 is 0 Å².